The van der Waals surface area contributed by atoms with E-state index in [-0.39, 0.29) is 0 Å². The molecule has 0 radical (unpaired) electrons. The molecule has 2 aliphatic heterocycles. The predicted octanol–water partition coefficient (Wildman–Crippen LogP) is 2.01. The van der Waals surface area contributed by atoms with Crippen molar-refractivity contribution in [1.82, 2.24) is 14.7 Å². The zero-order chi connectivity index (χ0) is 16.6. The lowest BCUT2D eigenvalue weighted by atomic mass is 9.86. The third-order valence-electron chi connectivity index (χ3n) is 5.93. The van der Waals surface area contributed by atoms with Gasteiger partial charge >= 0.3 is 0 Å². The first-order valence-corrected chi connectivity index (χ1v) is 8.92. The second-order valence-electron chi connectivity index (χ2n) is 7.54. The maximum absolute atomic E-state index is 6.07. The van der Waals surface area contributed by atoms with Crippen molar-refractivity contribution < 1.29 is 0 Å². The fourth-order valence-corrected chi connectivity index (χ4v) is 4.33. The summed E-state index contributed by atoms with van der Waals surface area (Å²) in [5, 5.41) is 0. The summed E-state index contributed by atoms with van der Waals surface area (Å²) < 4.78 is 0. The molecule has 4 heteroatoms. The Morgan fingerprint density at radius 2 is 1.87 bits per heavy atom. The molecular formula is C19H32N4. The van der Waals surface area contributed by atoms with Gasteiger partial charge in [0.05, 0.1) is 0 Å². The van der Waals surface area contributed by atoms with E-state index in [4.69, 9.17) is 5.73 Å². The van der Waals surface area contributed by atoms with Gasteiger partial charge in [-0.1, -0.05) is 23.8 Å². The molecule has 128 valence electrons. The summed E-state index contributed by atoms with van der Waals surface area (Å²) in [7, 11) is 6.77. The van der Waals surface area contributed by atoms with Crippen molar-refractivity contribution in [3.63, 3.8) is 0 Å². The van der Waals surface area contributed by atoms with Gasteiger partial charge in [0.2, 0.25) is 0 Å². The van der Waals surface area contributed by atoms with E-state index in [0.717, 1.165) is 6.54 Å². The summed E-state index contributed by atoms with van der Waals surface area (Å²) in [4.78, 5) is 7.52. The Hall–Kier alpha value is -0.940. The van der Waals surface area contributed by atoms with Crippen LogP contribution in [0, 0.1) is 6.92 Å². The lowest BCUT2D eigenvalue weighted by Crippen LogP contribution is -2.49. The second kappa shape index (κ2) is 6.89. The van der Waals surface area contributed by atoms with Crippen LogP contribution in [0.2, 0.25) is 0 Å². The zero-order valence-electron chi connectivity index (χ0n) is 15.1. The molecule has 2 unspecified atom stereocenters. The van der Waals surface area contributed by atoms with Crippen molar-refractivity contribution in [3.05, 3.63) is 34.9 Å². The minimum atomic E-state index is 0.354. The minimum Gasteiger partial charge on any atom is -0.329 e. The summed E-state index contributed by atoms with van der Waals surface area (Å²) in [6.07, 6.45) is 2.55. The molecule has 0 aromatic heterocycles. The van der Waals surface area contributed by atoms with Gasteiger partial charge in [-0.25, -0.2) is 0 Å². The van der Waals surface area contributed by atoms with E-state index in [1.165, 1.54) is 42.6 Å². The first-order valence-electron chi connectivity index (χ1n) is 8.92. The number of fused-ring (bicyclic) bond motifs is 1. The third-order valence-corrected chi connectivity index (χ3v) is 5.93. The zero-order valence-corrected chi connectivity index (χ0v) is 15.1. The Bertz CT molecular complexity index is 536. The molecule has 0 aliphatic carbocycles. The largest absolute Gasteiger partial charge is 0.329 e. The van der Waals surface area contributed by atoms with Crippen LogP contribution in [0.1, 0.15) is 41.6 Å². The summed E-state index contributed by atoms with van der Waals surface area (Å²) in [5.74, 6) is 0. The lowest BCUT2D eigenvalue weighted by Gasteiger charge is -2.46. The quantitative estimate of drug-likeness (QED) is 0.925. The SMILES string of the molecule is Cc1ccc2c(c1)C(N(C)C1CCN(C)CC1)CN(C)C2CN. The second-order valence-corrected chi connectivity index (χ2v) is 7.54. The molecule has 2 N–H and O–H groups in total. The Morgan fingerprint density at radius 1 is 1.17 bits per heavy atom. The van der Waals surface area contributed by atoms with Gasteiger partial charge in [0.1, 0.15) is 0 Å². The van der Waals surface area contributed by atoms with E-state index in [9.17, 15) is 0 Å². The van der Waals surface area contributed by atoms with E-state index in [1.807, 2.05) is 0 Å². The number of rotatable bonds is 3. The average Bonchev–Trinajstić information content (AvgIpc) is 2.54. The molecule has 0 spiro atoms. The number of nitrogens with two attached hydrogens (primary N) is 1. The number of likely N-dealkylation sites (tertiary alicyclic amines) is 1. The summed E-state index contributed by atoms with van der Waals surface area (Å²) in [5.41, 5.74) is 10.3. The Labute approximate surface area is 141 Å². The number of benzene rings is 1. The smallest absolute Gasteiger partial charge is 0.0478 e. The number of nitrogens with zero attached hydrogens (tertiary/aromatic N) is 3. The van der Waals surface area contributed by atoms with Crippen molar-refractivity contribution in [2.24, 2.45) is 5.73 Å². The van der Waals surface area contributed by atoms with Crippen molar-refractivity contribution in [2.75, 3.05) is 47.3 Å². The molecule has 2 aliphatic rings. The molecule has 0 amide bonds. The topological polar surface area (TPSA) is 35.7 Å². The van der Waals surface area contributed by atoms with Gasteiger partial charge in [-0.05, 0) is 65.1 Å². The van der Waals surface area contributed by atoms with Crippen LogP contribution in [0.15, 0.2) is 18.2 Å². The minimum absolute atomic E-state index is 0.354. The van der Waals surface area contributed by atoms with Gasteiger partial charge in [0.15, 0.2) is 0 Å². The van der Waals surface area contributed by atoms with Crippen LogP contribution in [-0.2, 0) is 0 Å². The average molecular weight is 316 g/mol. The van der Waals surface area contributed by atoms with Gasteiger partial charge in [-0.15, -0.1) is 0 Å². The molecule has 0 saturated carbocycles. The fourth-order valence-electron chi connectivity index (χ4n) is 4.33. The van der Waals surface area contributed by atoms with Crippen LogP contribution in [0.3, 0.4) is 0 Å². The van der Waals surface area contributed by atoms with E-state index in [0.29, 0.717) is 24.7 Å². The van der Waals surface area contributed by atoms with E-state index < -0.39 is 0 Å². The molecule has 2 heterocycles. The van der Waals surface area contributed by atoms with Gasteiger partial charge in [-0.2, -0.15) is 0 Å². The van der Waals surface area contributed by atoms with Crippen LogP contribution < -0.4 is 5.73 Å². The fraction of sp³-hybridized carbons (Fsp3) is 0.684. The highest BCUT2D eigenvalue weighted by Gasteiger charge is 2.35. The van der Waals surface area contributed by atoms with Gasteiger partial charge in [0, 0.05) is 31.2 Å². The first kappa shape index (κ1) is 16.9. The van der Waals surface area contributed by atoms with Crippen LogP contribution in [0.25, 0.3) is 0 Å². The van der Waals surface area contributed by atoms with Crippen LogP contribution >= 0.6 is 0 Å². The Morgan fingerprint density at radius 3 is 2.52 bits per heavy atom. The number of hydrogen-bond acceptors (Lipinski definition) is 4. The highest BCUT2D eigenvalue weighted by Crippen LogP contribution is 2.38. The Balaban J connectivity index is 1.88. The summed E-state index contributed by atoms with van der Waals surface area (Å²) >= 11 is 0. The van der Waals surface area contributed by atoms with Crippen molar-refractivity contribution in [3.8, 4) is 0 Å². The number of likely N-dealkylation sites (N-methyl/N-ethyl adjacent to an activating group) is 2. The number of aryl methyl sites for hydroxylation is 1. The van der Waals surface area contributed by atoms with Gasteiger partial charge in [-0.3, -0.25) is 9.80 Å². The summed E-state index contributed by atoms with van der Waals surface area (Å²) in [6.45, 7) is 6.38. The molecule has 1 aromatic carbocycles. The number of hydrogen-bond donors (Lipinski definition) is 1. The Kier molecular flexibility index (Phi) is 5.07. The van der Waals surface area contributed by atoms with Crippen LogP contribution in [-0.4, -0.2) is 68.1 Å². The molecular weight excluding hydrogens is 284 g/mol. The van der Waals surface area contributed by atoms with Crippen molar-refractivity contribution >= 4 is 0 Å². The molecule has 23 heavy (non-hydrogen) atoms. The third kappa shape index (κ3) is 3.31. The highest BCUT2D eigenvalue weighted by molar-refractivity contribution is 5.38. The van der Waals surface area contributed by atoms with Crippen molar-refractivity contribution in [2.45, 2.75) is 37.9 Å². The molecule has 0 bridgehead atoms. The molecule has 1 saturated heterocycles. The highest BCUT2D eigenvalue weighted by atomic mass is 15.3. The predicted molar refractivity (Wildman–Crippen MR) is 96.6 cm³/mol. The van der Waals surface area contributed by atoms with E-state index in [1.54, 1.807) is 0 Å². The summed E-state index contributed by atoms with van der Waals surface area (Å²) in [6, 6.07) is 8.44. The van der Waals surface area contributed by atoms with E-state index in [2.05, 4.69) is 61.0 Å². The molecule has 2 atom stereocenters. The van der Waals surface area contributed by atoms with Gasteiger partial charge < -0.3 is 10.6 Å². The monoisotopic (exact) mass is 316 g/mol. The maximum Gasteiger partial charge on any atom is 0.0478 e. The van der Waals surface area contributed by atoms with Crippen LogP contribution in [0.4, 0.5) is 0 Å². The van der Waals surface area contributed by atoms with Crippen LogP contribution in [0.5, 0.6) is 0 Å². The normalized spacial score (nSPS) is 27.4. The van der Waals surface area contributed by atoms with Crippen molar-refractivity contribution in [1.29, 1.82) is 0 Å². The standard InChI is InChI=1S/C19H32N4/c1-14-5-6-16-17(11-14)19(13-22(3)18(16)12-20)23(4)15-7-9-21(2)10-8-15/h5-6,11,15,18-19H,7-10,12-13,20H2,1-4H3. The lowest BCUT2D eigenvalue weighted by molar-refractivity contribution is 0.0684. The van der Waals surface area contributed by atoms with Gasteiger partial charge in [0.25, 0.3) is 0 Å². The first-order chi connectivity index (χ1) is 11.0. The van der Waals surface area contributed by atoms with E-state index >= 15 is 0 Å². The maximum atomic E-state index is 6.07. The molecule has 3 rings (SSSR count). The number of piperidine rings is 1. The molecule has 1 aromatic rings. The molecule has 4 nitrogen and oxygen atoms in total. The molecule has 1 fully saturated rings.